The Morgan fingerprint density at radius 2 is 2.20 bits per heavy atom. The van der Waals surface area contributed by atoms with E-state index in [4.69, 9.17) is 4.74 Å². The minimum absolute atomic E-state index is 0. The number of aromatic nitrogens is 1. The fourth-order valence-corrected chi connectivity index (χ4v) is 1.43. The molecule has 5 heteroatoms. The SMILES string of the molecule is Cc1ccc(C2CNCCO2)nc1.Cl.Cl. The highest BCUT2D eigenvalue weighted by atomic mass is 35.5. The average Bonchev–Trinajstić information content (AvgIpc) is 2.20. The number of halogens is 2. The van der Waals surface area contributed by atoms with Gasteiger partial charge in [0.25, 0.3) is 0 Å². The molecule has 0 bridgehead atoms. The monoisotopic (exact) mass is 250 g/mol. The van der Waals surface area contributed by atoms with Crippen molar-refractivity contribution in [2.75, 3.05) is 19.7 Å². The van der Waals surface area contributed by atoms with Crippen molar-refractivity contribution in [3.05, 3.63) is 29.6 Å². The molecule has 0 spiro atoms. The van der Waals surface area contributed by atoms with Gasteiger partial charge in [-0.05, 0) is 18.6 Å². The van der Waals surface area contributed by atoms with Gasteiger partial charge in [0.15, 0.2) is 0 Å². The van der Waals surface area contributed by atoms with E-state index in [0.29, 0.717) is 0 Å². The predicted molar refractivity (Wildman–Crippen MR) is 65.0 cm³/mol. The lowest BCUT2D eigenvalue weighted by molar-refractivity contribution is 0.0250. The molecule has 1 fully saturated rings. The molecule has 1 N–H and O–H groups in total. The van der Waals surface area contributed by atoms with Crippen LogP contribution in [0.5, 0.6) is 0 Å². The summed E-state index contributed by atoms with van der Waals surface area (Å²) in [5, 5.41) is 3.28. The largest absolute Gasteiger partial charge is 0.369 e. The van der Waals surface area contributed by atoms with Gasteiger partial charge in [0, 0.05) is 19.3 Å². The van der Waals surface area contributed by atoms with E-state index in [1.54, 1.807) is 0 Å². The number of aryl methyl sites for hydroxylation is 1. The smallest absolute Gasteiger partial charge is 0.112 e. The van der Waals surface area contributed by atoms with E-state index < -0.39 is 0 Å². The van der Waals surface area contributed by atoms with Crippen LogP contribution in [-0.2, 0) is 4.74 Å². The number of hydrogen-bond acceptors (Lipinski definition) is 3. The molecule has 2 heterocycles. The van der Waals surface area contributed by atoms with Gasteiger partial charge in [-0.2, -0.15) is 0 Å². The molecule has 2 rings (SSSR count). The fraction of sp³-hybridized carbons (Fsp3) is 0.500. The van der Waals surface area contributed by atoms with E-state index in [9.17, 15) is 0 Å². The van der Waals surface area contributed by atoms with Crippen molar-refractivity contribution < 1.29 is 4.74 Å². The minimum Gasteiger partial charge on any atom is -0.369 e. The summed E-state index contributed by atoms with van der Waals surface area (Å²) in [6.45, 7) is 4.63. The van der Waals surface area contributed by atoms with Crippen molar-refractivity contribution >= 4 is 24.8 Å². The summed E-state index contributed by atoms with van der Waals surface area (Å²) in [6, 6.07) is 4.10. The van der Waals surface area contributed by atoms with E-state index in [2.05, 4.69) is 16.4 Å². The number of nitrogens with zero attached hydrogens (tertiary/aromatic N) is 1. The molecule has 1 aromatic heterocycles. The molecule has 0 radical (unpaired) electrons. The Morgan fingerprint density at radius 3 is 2.73 bits per heavy atom. The summed E-state index contributed by atoms with van der Waals surface area (Å²) in [7, 11) is 0. The van der Waals surface area contributed by atoms with E-state index in [0.717, 1.165) is 25.4 Å². The molecule has 1 atom stereocenters. The Kier molecular flexibility index (Phi) is 6.85. The molecule has 86 valence electrons. The first kappa shape index (κ1) is 14.6. The lowest BCUT2D eigenvalue weighted by atomic mass is 10.2. The molecule has 15 heavy (non-hydrogen) atoms. The Morgan fingerprint density at radius 1 is 1.40 bits per heavy atom. The van der Waals surface area contributed by atoms with Crippen LogP contribution in [0.3, 0.4) is 0 Å². The number of hydrogen-bond donors (Lipinski definition) is 1. The molecule has 1 saturated heterocycles. The molecule has 3 nitrogen and oxygen atoms in total. The van der Waals surface area contributed by atoms with E-state index in [1.165, 1.54) is 5.56 Å². The second-order valence-electron chi connectivity index (χ2n) is 3.32. The topological polar surface area (TPSA) is 34.1 Å². The Bertz CT molecular complexity index is 273. The standard InChI is InChI=1S/C10H14N2O.2ClH/c1-8-2-3-9(12-6-8)10-7-11-4-5-13-10;;/h2-3,6,10-11H,4-5,7H2,1H3;2*1H. The maximum absolute atomic E-state index is 5.58. The first-order valence-electron chi connectivity index (χ1n) is 4.61. The summed E-state index contributed by atoms with van der Waals surface area (Å²) in [6.07, 6.45) is 2.02. The van der Waals surface area contributed by atoms with Crippen LogP contribution < -0.4 is 5.32 Å². The van der Waals surface area contributed by atoms with Gasteiger partial charge < -0.3 is 10.1 Å². The summed E-state index contributed by atoms with van der Waals surface area (Å²) < 4.78 is 5.58. The molecule has 1 aliphatic rings. The highest BCUT2D eigenvalue weighted by Crippen LogP contribution is 2.15. The van der Waals surface area contributed by atoms with Crippen LogP contribution in [0.4, 0.5) is 0 Å². The Labute approximate surface area is 102 Å². The van der Waals surface area contributed by atoms with Crippen LogP contribution >= 0.6 is 24.8 Å². The first-order valence-corrected chi connectivity index (χ1v) is 4.61. The number of ether oxygens (including phenoxy) is 1. The first-order chi connectivity index (χ1) is 6.36. The lowest BCUT2D eigenvalue weighted by Crippen LogP contribution is -2.33. The third-order valence-corrected chi connectivity index (χ3v) is 2.19. The normalized spacial score (nSPS) is 19.9. The van der Waals surface area contributed by atoms with Crippen molar-refractivity contribution in [2.24, 2.45) is 0 Å². The quantitative estimate of drug-likeness (QED) is 0.827. The third-order valence-electron chi connectivity index (χ3n) is 2.19. The second-order valence-corrected chi connectivity index (χ2v) is 3.32. The van der Waals surface area contributed by atoms with Gasteiger partial charge in [-0.15, -0.1) is 24.8 Å². The molecule has 0 aromatic carbocycles. The molecule has 1 unspecified atom stereocenters. The number of nitrogens with one attached hydrogen (secondary N) is 1. The van der Waals surface area contributed by atoms with Gasteiger partial charge in [-0.3, -0.25) is 4.98 Å². The van der Waals surface area contributed by atoms with Gasteiger partial charge in [0.2, 0.25) is 0 Å². The zero-order valence-corrected chi connectivity index (χ0v) is 10.2. The molecular weight excluding hydrogens is 235 g/mol. The van der Waals surface area contributed by atoms with Crippen LogP contribution in [0.2, 0.25) is 0 Å². The predicted octanol–water partition coefficient (Wildman–Crippen LogP) is 1.89. The molecule has 0 saturated carbocycles. The molecule has 0 amide bonds. The van der Waals surface area contributed by atoms with Gasteiger partial charge in [0.1, 0.15) is 6.10 Å². The molecule has 1 aromatic rings. The number of rotatable bonds is 1. The molecule has 0 aliphatic carbocycles. The van der Waals surface area contributed by atoms with Crippen molar-refractivity contribution in [2.45, 2.75) is 13.0 Å². The van der Waals surface area contributed by atoms with Crippen molar-refractivity contribution in [3.63, 3.8) is 0 Å². The van der Waals surface area contributed by atoms with E-state index in [-0.39, 0.29) is 30.9 Å². The Hall–Kier alpha value is -0.350. The highest BCUT2D eigenvalue weighted by Gasteiger charge is 2.15. The van der Waals surface area contributed by atoms with Crippen molar-refractivity contribution in [3.8, 4) is 0 Å². The zero-order chi connectivity index (χ0) is 9.10. The lowest BCUT2D eigenvalue weighted by Gasteiger charge is -2.22. The van der Waals surface area contributed by atoms with Gasteiger partial charge in [0.05, 0.1) is 12.3 Å². The summed E-state index contributed by atoms with van der Waals surface area (Å²) in [5.74, 6) is 0. The summed E-state index contributed by atoms with van der Waals surface area (Å²) in [5.41, 5.74) is 2.21. The summed E-state index contributed by atoms with van der Waals surface area (Å²) in [4.78, 5) is 4.34. The number of pyridine rings is 1. The second kappa shape index (κ2) is 7.01. The highest BCUT2D eigenvalue weighted by molar-refractivity contribution is 5.85. The van der Waals surface area contributed by atoms with Gasteiger partial charge in [-0.25, -0.2) is 0 Å². The third kappa shape index (κ3) is 3.95. The van der Waals surface area contributed by atoms with Crippen molar-refractivity contribution in [1.29, 1.82) is 0 Å². The van der Waals surface area contributed by atoms with Crippen LogP contribution in [-0.4, -0.2) is 24.7 Å². The van der Waals surface area contributed by atoms with Crippen molar-refractivity contribution in [1.82, 2.24) is 10.3 Å². The summed E-state index contributed by atoms with van der Waals surface area (Å²) >= 11 is 0. The number of morpholine rings is 1. The van der Waals surface area contributed by atoms with Crippen LogP contribution in [0.15, 0.2) is 18.3 Å². The van der Waals surface area contributed by atoms with Gasteiger partial charge in [-0.1, -0.05) is 6.07 Å². The van der Waals surface area contributed by atoms with Crippen LogP contribution in [0.25, 0.3) is 0 Å². The molecule has 1 aliphatic heterocycles. The zero-order valence-electron chi connectivity index (χ0n) is 8.60. The Balaban J connectivity index is 0.000000980. The van der Waals surface area contributed by atoms with E-state index >= 15 is 0 Å². The molecular formula is C10H16Cl2N2O. The van der Waals surface area contributed by atoms with Crippen LogP contribution in [0, 0.1) is 6.92 Å². The maximum atomic E-state index is 5.58. The minimum atomic E-state index is 0. The fourth-order valence-electron chi connectivity index (χ4n) is 1.43. The maximum Gasteiger partial charge on any atom is 0.112 e. The average molecular weight is 251 g/mol. The van der Waals surface area contributed by atoms with E-state index in [1.807, 2.05) is 19.2 Å². The van der Waals surface area contributed by atoms with Gasteiger partial charge >= 0.3 is 0 Å². The van der Waals surface area contributed by atoms with Crippen LogP contribution in [0.1, 0.15) is 17.4 Å².